The molecule has 1 heterocycles. The zero-order valence-corrected chi connectivity index (χ0v) is 12.1. The molecule has 0 saturated heterocycles. The Morgan fingerprint density at radius 3 is 2.65 bits per heavy atom. The van der Waals surface area contributed by atoms with Crippen LogP contribution in [-0.4, -0.2) is 37.4 Å². The summed E-state index contributed by atoms with van der Waals surface area (Å²) in [7, 11) is 4.03. The third-order valence-electron chi connectivity index (χ3n) is 3.06. The molecule has 0 aliphatic rings. The van der Waals surface area contributed by atoms with Crippen molar-refractivity contribution >= 4 is 0 Å². The number of rotatable bonds is 6. The molecule has 2 N–H and O–H groups in total. The van der Waals surface area contributed by atoms with Gasteiger partial charge in [0.25, 0.3) is 0 Å². The number of nitrogens with one attached hydrogen (secondary N) is 2. The number of aryl methyl sites for hydroxylation is 1. The van der Waals surface area contributed by atoms with Crippen LogP contribution >= 0.6 is 0 Å². The molecule has 0 aliphatic carbocycles. The van der Waals surface area contributed by atoms with Gasteiger partial charge in [-0.1, -0.05) is 17.7 Å². The quantitative estimate of drug-likeness (QED) is 0.585. The maximum atomic E-state index is 11.7. The van der Waals surface area contributed by atoms with Gasteiger partial charge in [-0.25, -0.2) is 4.79 Å². The summed E-state index contributed by atoms with van der Waals surface area (Å²) in [5, 5.41) is 5.88. The molecule has 108 valence electrons. The predicted molar refractivity (Wildman–Crippen MR) is 75.9 cm³/mol. The fraction of sp³-hybridized carbons (Fsp3) is 0.429. The largest absolute Gasteiger partial charge is 0.431 e. The van der Waals surface area contributed by atoms with Gasteiger partial charge in [-0.15, -0.1) is 0 Å². The number of nitrogens with zero attached hydrogens (tertiary/aromatic N) is 2. The number of likely N-dealkylation sites (N-methyl/N-ethyl adjacent to an activating group) is 1. The summed E-state index contributed by atoms with van der Waals surface area (Å²) in [5.41, 5.74) is 2.27. The van der Waals surface area contributed by atoms with E-state index in [1.807, 2.05) is 45.3 Å². The van der Waals surface area contributed by atoms with E-state index in [0.29, 0.717) is 12.2 Å². The highest BCUT2D eigenvalue weighted by molar-refractivity contribution is 5.26. The van der Waals surface area contributed by atoms with Crippen LogP contribution in [0.1, 0.15) is 11.3 Å². The van der Waals surface area contributed by atoms with Gasteiger partial charge in [0.05, 0.1) is 6.54 Å². The molecule has 0 unspecified atom stereocenters. The molecule has 0 bridgehead atoms. The molecule has 0 aliphatic heterocycles. The average Bonchev–Trinajstić information content (AvgIpc) is 2.77. The van der Waals surface area contributed by atoms with Gasteiger partial charge in [0, 0.05) is 25.2 Å². The highest BCUT2D eigenvalue weighted by atomic mass is 16.5. The molecule has 1 aromatic carbocycles. The van der Waals surface area contributed by atoms with Crippen LogP contribution in [0.5, 0.6) is 0 Å². The topological polar surface area (TPSA) is 65.2 Å². The maximum absolute atomic E-state index is 11.7. The molecule has 2 rings (SSSR count). The Labute approximate surface area is 118 Å². The zero-order valence-electron chi connectivity index (χ0n) is 12.1. The van der Waals surface area contributed by atoms with Crippen molar-refractivity contribution in [1.29, 1.82) is 0 Å². The van der Waals surface area contributed by atoms with Crippen molar-refractivity contribution in [3.63, 3.8) is 0 Å². The maximum Gasteiger partial charge on any atom is 0.431 e. The first kappa shape index (κ1) is 14.5. The molecule has 0 fully saturated rings. The van der Waals surface area contributed by atoms with E-state index in [4.69, 9.17) is 4.52 Å². The first-order valence-corrected chi connectivity index (χ1v) is 6.63. The van der Waals surface area contributed by atoms with Crippen LogP contribution < -0.4 is 15.6 Å². The molecule has 0 spiro atoms. The highest BCUT2D eigenvalue weighted by Gasteiger charge is 2.22. The third kappa shape index (κ3) is 3.55. The summed E-state index contributed by atoms with van der Waals surface area (Å²) >= 11 is 0. The van der Waals surface area contributed by atoms with E-state index in [0.717, 1.165) is 18.8 Å². The Balaban J connectivity index is 2.11. The molecule has 1 aromatic heterocycles. The standard InChI is InChI=1S/C14H20N4O2/c1-11-4-6-12(7-5-11)18-13(14(19)20-16-18)10-15-8-9-17(2)3/h4-7,15H,8-10H2,1-3H3/p+1. The second kappa shape index (κ2) is 6.49. The molecular weight excluding hydrogens is 256 g/mol. The van der Waals surface area contributed by atoms with Crippen molar-refractivity contribution in [3.05, 3.63) is 45.9 Å². The second-order valence-electron chi connectivity index (χ2n) is 5.08. The highest BCUT2D eigenvalue weighted by Crippen LogP contribution is 2.02. The summed E-state index contributed by atoms with van der Waals surface area (Å²) < 4.78 is 6.56. The minimum atomic E-state index is -0.345. The van der Waals surface area contributed by atoms with Crippen molar-refractivity contribution in [3.8, 4) is 5.69 Å². The summed E-state index contributed by atoms with van der Waals surface area (Å²) in [6.45, 7) is 4.22. The lowest BCUT2D eigenvalue weighted by Crippen LogP contribution is -2.41. The van der Waals surface area contributed by atoms with E-state index in [1.54, 1.807) is 4.68 Å². The van der Waals surface area contributed by atoms with Crippen LogP contribution in [0.4, 0.5) is 0 Å². The minimum absolute atomic E-state index is 0.345. The SMILES string of the molecule is Cc1ccc(-[n+]2[nH]oc(=O)c2CNCCN(C)C)cc1. The second-order valence-corrected chi connectivity index (χ2v) is 5.08. The Morgan fingerprint density at radius 2 is 2.00 bits per heavy atom. The molecule has 6 nitrogen and oxygen atoms in total. The normalized spacial score (nSPS) is 11.2. The van der Waals surface area contributed by atoms with Gasteiger partial charge in [0.1, 0.15) is 0 Å². The molecule has 0 atom stereocenters. The molecule has 20 heavy (non-hydrogen) atoms. The lowest BCUT2D eigenvalue weighted by Gasteiger charge is -2.08. The van der Waals surface area contributed by atoms with Crippen LogP contribution in [0.25, 0.3) is 5.69 Å². The van der Waals surface area contributed by atoms with Gasteiger partial charge in [-0.2, -0.15) is 0 Å². The minimum Gasteiger partial charge on any atom is -0.308 e. The molecule has 2 aromatic rings. The first-order chi connectivity index (χ1) is 9.58. The van der Waals surface area contributed by atoms with Gasteiger partial charge >= 0.3 is 11.3 Å². The van der Waals surface area contributed by atoms with Crippen molar-refractivity contribution < 1.29 is 9.20 Å². The number of hydrogen-bond donors (Lipinski definition) is 2. The average molecular weight is 277 g/mol. The summed E-state index contributed by atoms with van der Waals surface area (Å²) in [4.78, 5) is 13.8. The third-order valence-corrected chi connectivity index (χ3v) is 3.06. The Morgan fingerprint density at radius 1 is 1.30 bits per heavy atom. The van der Waals surface area contributed by atoms with E-state index >= 15 is 0 Å². The summed E-state index contributed by atoms with van der Waals surface area (Å²) in [6, 6.07) is 7.89. The van der Waals surface area contributed by atoms with Crippen molar-refractivity contribution in [1.82, 2.24) is 15.5 Å². The van der Waals surface area contributed by atoms with Crippen LogP contribution in [0.15, 0.2) is 33.6 Å². The van der Waals surface area contributed by atoms with Crippen LogP contribution in [0.3, 0.4) is 0 Å². The Hall–Kier alpha value is -1.92. The van der Waals surface area contributed by atoms with Crippen molar-refractivity contribution in [2.24, 2.45) is 0 Å². The monoisotopic (exact) mass is 277 g/mol. The number of benzene rings is 1. The molecular formula is C14H21N4O2+. The Bertz CT molecular complexity index is 598. The summed E-state index contributed by atoms with van der Waals surface area (Å²) in [5.74, 6) is 0. The number of hydrogen-bond acceptors (Lipinski definition) is 4. The van der Waals surface area contributed by atoms with E-state index < -0.39 is 0 Å². The fourth-order valence-electron chi connectivity index (χ4n) is 1.86. The van der Waals surface area contributed by atoms with Crippen LogP contribution in [0.2, 0.25) is 0 Å². The van der Waals surface area contributed by atoms with Gasteiger partial charge in [0.15, 0.2) is 0 Å². The van der Waals surface area contributed by atoms with Gasteiger partial charge < -0.3 is 10.2 Å². The number of H-pyrrole nitrogens is 1. The predicted octanol–water partition coefficient (Wildman–Crippen LogP) is 0.204. The fourth-order valence-corrected chi connectivity index (χ4v) is 1.86. The van der Waals surface area contributed by atoms with E-state index in [2.05, 4.69) is 15.5 Å². The number of aromatic amines is 1. The van der Waals surface area contributed by atoms with Crippen LogP contribution in [-0.2, 0) is 6.54 Å². The molecule has 0 amide bonds. The van der Waals surface area contributed by atoms with E-state index in [9.17, 15) is 4.79 Å². The smallest absolute Gasteiger partial charge is 0.308 e. The van der Waals surface area contributed by atoms with Crippen molar-refractivity contribution in [2.45, 2.75) is 13.5 Å². The summed E-state index contributed by atoms with van der Waals surface area (Å²) in [6.07, 6.45) is 0. The lowest BCUT2D eigenvalue weighted by atomic mass is 10.2. The Kier molecular flexibility index (Phi) is 4.70. The van der Waals surface area contributed by atoms with E-state index in [1.165, 1.54) is 5.56 Å². The van der Waals surface area contributed by atoms with Gasteiger partial charge in [-0.3, -0.25) is 4.52 Å². The van der Waals surface area contributed by atoms with E-state index in [-0.39, 0.29) is 5.63 Å². The van der Waals surface area contributed by atoms with Crippen LogP contribution in [0, 0.1) is 6.92 Å². The first-order valence-electron chi connectivity index (χ1n) is 6.63. The van der Waals surface area contributed by atoms with Gasteiger partial charge in [0.2, 0.25) is 5.69 Å². The lowest BCUT2D eigenvalue weighted by molar-refractivity contribution is -0.677. The molecule has 6 heteroatoms. The molecule has 0 radical (unpaired) electrons. The number of aromatic nitrogens is 2. The van der Waals surface area contributed by atoms with Gasteiger partial charge in [-0.05, 0) is 31.0 Å². The zero-order chi connectivity index (χ0) is 14.5. The van der Waals surface area contributed by atoms with Crippen molar-refractivity contribution in [2.75, 3.05) is 27.2 Å². The molecule has 0 saturated carbocycles.